The Bertz CT molecular complexity index is 844. The van der Waals surface area contributed by atoms with Gasteiger partial charge in [0.15, 0.2) is 10.8 Å². The molecule has 0 saturated heterocycles. The molecule has 0 atom stereocenters. The minimum atomic E-state index is -0.126. The third kappa shape index (κ3) is 5.29. The van der Waals surface area contributed by atoms with Crippen molar-refractivity contribution in [3.63, 3.8) is 0 Å². The summed E-state index contributed by atoms with van der Waals surface area (Å²) in [5.41, 5.74) is 1.66. The monoisotopic (exact) mass is 369 g/mol. The van der Waals surface area contributed by atoms with Gasteiger partial charge in [-0.2, -0.15) is 0 Å². The molecule has 134 valence electrons. The second-order valence-electron chi connectivity index (χ2n) is 5.66. The lowest BCUT2D eigenvalue weighted by Gasteiger charge is -2.06. The number of nitrogens with one attached hydrogen (secondary N) is 2. The maximum atomic E-state index is 12.0. The summed E-state index contributed by atoms with van der Waals surface area (Å²) >= 11 is 1.44. The molecule has 0 aliphatic rings. The zero-order valence-electron chi connectivity index (χ0n) is 14.1. The van der Waals surface area contributed by atoms with Crippen molar-refractivity contribution >= 4 is 23.2 Å². The quantitative estimate of drug-likeness (QED) is 0.597. The van der Waals surface area contributed by atoms with Crippen LogP contribution in [0, 0.1) is 0 Å². The molecule has 26 heavy (non-hydrogen) atoms. The Morgan fingerprint density at radius 3 is 2.38 bits per heavy atom. The number of hydrogen-bond donors (Lipinski definition) is 2. The Hall–Kier alpha value is -2.93. The molecule has 3 aromatic rings. The van der Waals surface area contributed by atoms with Crippen LogP contribution in [0.1, 0.15) is 11.3 Å². The average Bonchev–Trinajstić information content (AvgIpc) is 3.31. The number of aromatic nitrogens is 1. The van der Waals surface area contributed by atoms with Gasteiger partial charge >= 0.3 is 0 Å². The maximum Gasteiger partial charge on any atom is 0.226 e. The standard InChI is InChI=1S/C19H19N3O3S/c23-17(11-14-5-2-1-3-6-14)20-8-9-21-18(24)12-15-13-26-19(22-15)16-7-4-10-25-16/h1-7,10,13H,8-9,11-12H2,(H,20,23)(H,21,24). The number of benzene rings is 1. The third-order valence-corrected chi connectivity index (χ3v) is 4.51. The second-order valence-corrected chi connectivity index (χ2v) is 6.52. The molecular formula is C19H19N3O3S. The van der Waals surface area contributed by atoms with Crippen molar-refractivity contribution in [3.8, 4) is 10.8 Å². The normalized spacial score (nSPS) is 10.5. The Morgan fingerprint density at radius 1 is 0.962 bits per heavy atom. The average molecular weight is 369 g/mol. The van der Waals surface area contributed by atoms with Crippen molar-refractivity contribution in [1.29, 1.82) is 0 Å². The number of carbonyl (C=O) groups is 2. The van der Waals surface area contributed by atoms with Crippen LogP contribution in [0.2, 0.25) is 0 Å². The molecule has 6 nitrogen and oxygen atoms in total. The zero-order valence-corrected chi connectivity index (χ0v) is 14.9. The van der Waals surface area contributed by atoms with Gasteiger partial charge in [0.1, 0.15) is 0 Å². The van der Waals surface area contributed by atoms with Gasteiger partial charge in [-0.25, -0.2) is 4.98 Å². The van der Waals surface area contributed by atoms with Crippen LogP contribution in [0.3, 0.4) is 0 Å². The minimum absolute atomic E-state index is 0.0620. The van der Waals surface area contributed by atoms with Crippen LogP contribution in [-0.4, -0.2) is 29.9 Å². The smallest absolute Gasteiger partial charge is 0.226 e. The van der Waals surface area contributed by atoms with Gasteiger partial charge in [-0.05, 0) is 17.7 Å². The van der Waals surface area contributed by atoms with E-state index in [1.807, 2.05) is 41.8 Å². The molecule has 2 heterocycles. The molecule has 0 aliphatic carbocycles. The molecule has 0 spiro atoms. The number of rotatable bonds is 8. The molecule has 0 aliphatic heterocycles. The van der Waals surface area contributed by atoms with Gasteiger partial charge in [-0.15, -0.1) is 11.3 Å². The van der Waals surface area contributed by atoms with Gasteiger partial charge in [0.2, 0.25) is 11.8 Å². The molecule has 0 fully saturated rings. The Balaban J connectivity index is 1.35. The first-order valence-electron chi connectivity index (χ1n) is 8.26. The lowest BCUT2D eigenvalue weighted by atomic mass is 10.1. The number of hydrogen-bond acceptors (Lipinski definition) is 5. The molecule has 1 aromatic carbocycles. The van der Waals surface area contributed by atoms with Gasteiger partial charge in [-0.1, -0.05) is 30.3 Å². The third-order valence-electron chi connectivity index (χ3n) is 3.60. The fraction of sp³-hybridized carbons (Fsp3) is 0.211. The van der Waals surface area contributed by atoms with Crippen molar-refractivity contribution in [1.82, 2.24) is 15.6 Å². The summed E-state index contributed by atoms with van der Waals surface area (Å²) in [6.07, 6.45) is 2.13. The van der Waals surface area contributed by atoms with Crippen molar-refractivity contribution < 1.29 is 14.0 Å². The van der Waals surface area contributed by atoms with Gasteiger partial charge in [0.25, 0.3) is 0 Å². The molecule has 2 amide bonds. The lowest BCUT2D eigenvalue weighted by Crippen LogP contribution is -2.35. The summed E-state index contributed by atoms with van der Waals surface area (Å²) in [5.74, 6) is 0.509. The topological polar surface area (TPSA) is 84.2 Å². The van der Waals surface area contributed by atoms with E-state index in [0.717, 1.165) is 10.6 Å². The lowest BCUT2D eigenvalue weighted by molar-refractivity contribution is -0.122. The van der Waals surface area contributed by atoms with Crippen LogP contribution in [-0.2, 0) is 22.4 Å². The summed E-state index contributed by atoms with van der Waals surface area (Å²) in [7, 11) is 0. The summed E-state index contributed by atoms with van der Waals surface area (Å²) in [5, 5.41) is 8.18. The van der Waals surface area contributed by atoms with E-state index in [1.165, 1.54) is 11.3 Å². The van der Waals surface area contributed by atoms with Gasteiger partial charge in [-0.3, -0.25) is 9.59 Å². The summed E-state index contributed by atoms with van der Waals surface area (Å²) in [4.78, 5) is 28.2. The number of nitrogens with zero attached hydrogens (tertiary/aromatic N) is 1. The van der Waals surface area contributed by atoms with Crippen LogP contribution < -0.4 is 10.6 Å². The Kier molecular flexibility index (Phi) is 6.16. The number of carbonyl (C=O) groups excluding carboxylic acids is 2. The maximum absolute atomic E-state index is 12.0. The fourth-order valence-electron chi connectivity index (χ4n) is 2.38. The van der Waals surface area contributed by atoms with Crippen LogP contribution >= 0.6 is 11.3 Å². The molecule has 0 saturated carbocycles. The minimum Gasteiger partial charge on any atom is -0.462 e. The highest BCUT2D eigenvalue weighted by Gasteiger charge is 2.10. The van der Waals surface area contributed by atoms with Gasteiger partial charge < -0.3 is 15.1 Å². The van der Waals surface area contributed by atoms with E-state index in [4.69, 9.17) is 4.42 Å². The fourth-order valence-corrected chi connectivity index (χ4v) is 3.16. The highest BCUT2D eigenvalue weighted by atomic mass is 32.1. The number of thiazole rings is 1. The Morgan fingerprint density at radius 2 is 1.69 bits per heavy atom. The molecular weight excluding hydrogens is 350 g/mol. The zero-order chi connectivity index (χ0) is 18.2. The van der Waals surface area contributed by atoms with Crippen LogP contribution in [0.4, 0.5) is 0 Å². The van der Waals surface area contributed by atoms with Gasteiger partial charge in [0.05, 0.1) is 24.8 Å². The SMILES string of the molecule is O=C(Cc1ccccc1)NCCNC(=O)Cc1csc(-c2ccco2)n1. The molecule has 0 radical (unpaired) electrons. The summed E-state index contributed by atoms with van der Waals surface area (Å²) in [6, 6.07) is 13.2. The van der Waals surface area contributed by atoms with Crippen molar-refractivity contribution in [2.45, 2.75) is 12.8 Å². The molecule has 0 unspecified atom stereocenters. The van der Waals surface area contributed by atoms with E-state index in [-0.39, 0.29) is 18.2 Å². The molecule has 2 aromatic heterocycles. The second kappa shape index (κ2) is 8.96. The van der Waals surface area contributed by atoms with Crippen LogP contribution in [0.25, 0.3) is 10.8 Å². The molecule has 2 N–H and O–H groups in total. The van der Waals surface area contributed by atoms with E-state index >= 15 is 0 Å². The molecule has 7 heteroatoms. The first-order valence-corrected chi connectivity index (χ1v) is 9.14. The van der Waals surface area contributed by atoms with E-state index < -0.39 is 0 Å². The number of furan rings is 1. The van der Waals surface area contributed by atoms with E-state index in [1.54, 1.807) is 12.3 Å². The number of amides is 2. The largest absolute Gasteiger partial charge is 0.462 e. The highest BCUT2D eigenvalue weighted by molar-refractivity contribution is 7.13. The first kappa shape index (κ1) is 17.9. The summed E-state index contributed by atoms with van der Waals surface area (Å²) < 4.78 is 5.29. The van der Waals surface area contributed by atoms with E-state index in [9.17, 15) is 9.59 Å². The highest BCUT2D eigenvalue weighted by Crippen LogP contribution is 2.23. The van der Waals surface area contributed by atoms with Crippen molar-refractivity contribution in [3.05, 3.63) is 65.4 Å². The van der Waals surface area contributed by atoms with Crippen LogP contribution in [0.5, 0.6) is 0 Å². The van der Waals surface area contributed by atoms with E-state index in [0.29, 0.717) is 31.0 Å². The predicted octanol–water partition coefficient (Wildman–Crippen LogP) is 2.42. The van der Waals surface area contributed by atoms with Crippen molar-refractivity contribution in [2.24, 2.45) is 0 Å². The molecule has 0 bridgehead atoms. The van der Waals surface area contributed by atoms with Crippen molar-refractivity contribution in [2.75, 3.05) is 13.1 Å². The summed E-state index contributed by atoms with van der Waals surface area (Å²) in [6.45, 7) is 0.778. The first-order chi connectivity index (χ1) is 12.7. The molecule has 3 rings (SSSR count). The van der Waals surface area contributed by atoms with Gasteiger partial charge in [0, 0.05) is 18.5 Å². The Labute approximate surface area is 155 Å². The van der Waals surface area contributed by atoms with Crippen LogP contribution in [0.15, 0.2) is 58.5 Å². The van der Waals surface area contributed by atoms with E-state index in [2.05, 4.69) is 15.6 Å². The predicted molar refractivity (Wildman–Crippen MR) is 99.7 cm³/mol.